The van der Waals surface area contributed by atoms with Crippen LogP contribution in [0.25, 0.3) is 0 Å². The number of hydrogen-bond acceptors (Lipinski definition) is 3. The van der Waals surface area contributed by atoms with E-state index in [1.807, 2.05) is 6.20 Å². The normalized spacial score (nSPS) is 22.4. The molecule has 0 saturated carbocycles. The molecule has 3 nitrogen and oxygen atoms in total. The van der Waals surface area contributed by atoms with Crippen LogP contribution in [0.15, 0.2) is 18.3 Å². The maximum absolute atomic E-state index is 5.48. The van der Waals surface area contributed by atoms with Gasteiger partial charge in [-0.15, -0.1) is 0 Å². The summed E-state index contributed by atoms with van der Waals surface area (Å²) in [6.45, 7) is 6.84. The minimum Gasteiger partial charge on any atom is -0.375 e. The van der Waals surface area contributed by atoms with Crippen LogP contribution >= 0.6 is 0 Å². The highest BCUT2D eigenvalue weighted by Crippen LogP contribution is 2.14. The fourth-order valence-electron chi connectivity index (χ4n) is 1.67. The molecule has 0 amide bonds. The second-order valence-electron chi connectivity index (χ2n) is 3.82. The predicted octanol–water partition coefficient (Wildman–Crippen LogP) is 1.62. The molecule has 0 radical (unpaired) electrons. The summed E-state index contributed by atoms with van der Waals surface area (Å²) < 4.78 is 5.48. The molecule has 0 bridgehead atoms. The lowest BCUT2D eigenvalue weighted by molar-refractivity contribution is 0.0529. The van der Waals surface area contributed by atoms with Crippen molar-refractivity contribution in [2.24, 2.45) is 0 Å². The van der Waals surface area contributed by atoms with E-state index in [1.165, 1.54) is 5.56 Å². The number of rotatable bonds is 1. The molecule has 3 heteroatoms. The Morgan fingerprint density at radius 1 is 1.50 bits per heavy atom. The standard InChI is InChI=1S/C11H16N2O/c1-9-3-4-11(12-7-9)13-5-6-14-10(2)8-13/h3-4,7,10H,5-6,8H2,1-2H3/t10-/m1/s1. The van der Waals surface area contributed by atoms with Crippen molar-refractivity contribution in [1.82, 2.24) is 4.98 Å². The highest BCUT2D eigenvalue weighted by atomic mass is 16.5. The number of anilines is 1. The molecule has 0 spiro atoms. The van der Waals surface area contributed by atoms with Crippen molar-refractivity contribution in [3.8, 4) is 0 Å². The van der Waals surface area contributed by atoms with Crippen molar-refractivity contribution in [2.75, 3.05) is 24.6 Å². The van der Waals surface area contributed by atoms with Gasteiger partial charge in [-0.25, -0.2) is 4.98 Å². The zero-order valence-corrected chi connectivity index (χ0v) is 8.73. The van der Waals surface area contributed by atoms with Crippen LogP contribution in [0.4, 0.5) is 5.82 Å². The van der Waals surface area contributed by atoms with Gasteiger partial charge in [0.15, 0.2) is 0 Å². The number of pyridine rings is 1. The summed E-state index contributed by atoms with van der Waals surface area (Å²) in [5, 5.41) is 0. The molecular weight excluding hydrogens is 176 g/mol. The third-order valence-electron chi connectivity index (χ3n) is 2.46. The molecule has 0 aliphatic carbocycles. The Morgan fingerprint density at radius 2 is 2.36 bits per heavy atom. The van der Waals surface area contributed by atoms with Gasteiger partial charge >= 0.3 is 0 Å². The van der Waals surface area contributed by atoms with E-state index in [4.69, 9.17) is 4.74 Å². The molecule has 2 heterocycles. The van der Waals surface area contributed by atoms with Crippen molar-refractivity contribution >= 4 is 5.82 Å². The third-order valence-corrected chi connectivity index (χ3v) is 2.46. The molecule has 2 rings (SSSR count). The topological polar surface area (TPSA) is 25.4 Å². The number of aromatic nitrogens is 1. The van der Waals surface area contributed by atoms with Crippen LogP contribution < -0.4 is 4.90 Å². The van der Waals surface area contributed by atoms with Crippen LogP contribution in [0.1, 0.15) is 12.5 Å². The Morgan fingerprint density at radius 3 is 3.00 bits per heavy atom. The lowest BCUT2D eigenvalue weighted by Gasteiger charge is -2.31. The molecule has 0 unspecified atom stereocenters. The average Bonchev–Trinajstić information content (AvgIpc) is 2.19. The summed E-state index contributed by atoms with van der Waals surface area (Å²) in [5.41, 5.74) is 1.20. The van der Waals surface area contributed by atoms with Crippen molar-refractivity contribution in [1.29, 1.82) is 0 Å². The van der Waals surface area contributed by atoms with E-state index in [0.29, 0.717) is 6.10 Å². The van der Waals surface area contributed by atoms with Gasteiger partial charge in [0.05, 0.1) is 12.7 Å². The second-order valence-corrected chi connectivity index (χ2v) is 3.82. The lowest BCUT2D eigenvalue weighted by atomic mass is 10.2. The zero-order valence-electron chi connectivity index (χ0n) is 8.73. The Bertz CT molecular complexity index is 297. The van der Waals surface area contributed by atoms with Gasteiger partial charge < -0.3 is 9.64 Å². The number of ether oxygens (including phenoxy) is 1. The molecule has 1 aliphatic rings. The Labute approximate surface area is 84.7 Å². The van der Waals surface area contributed by atoms with Gasteiger partial charge in [0.1, 0.15) is 5.82 Å². The smallest absolute Gasteiger partial charge is 0.128 e. The second kappa shape index (κ2) is 3.96. The number of hydrogen-bond donors (Lipinski definition) is 0. The Kier molecular flexibility index (Phi) is 2.68. The van der Waals surface area contributed by atoms with Crippen LogP contribution in [0, 0.1) is 6.92 Å². The van der Waals surface area contributed by atoms with Gasteiger partial charge in [-0.05, 0) is 25.5 Å². The molecule has 14 heavy (non-hydrogen) atoms. The van der Waals surface area contributed by atoms with Gasteiger partial charge in [-0.3, -0.25) is 0 Å². The quantitative estimate of drug-likeness (QED) is 0.676. The van der Waals surface area contributed by atoms with Gasteiger partial charge in [0.25, 0.3) is 0 Å². The summed E-state index contributed by atoms with van der Waals surface area (Å²) in [7, 11) is 0. The van der Waals surface area contributed by atoms with Crippen LogP contribution in [-0.4, -0.2) is 30.8 Å². The summed E-state index contributed by atoms with van der Waals surface area (Å²) in [6, 6.07) is 4.18. The van der Waals surface area contributed by atoms with E-state index >= 15 is 0 Å². The molecule has 1 saturated heterocycles. The minimum absolute atomic E-state index is 0.312. The Balaban J connectivity index is 2.10. The third kappa shape index (κ3) is 2.04. The van der Waals surface area contributed by atoms with Gasteiger partial charge in [0.2, 0.25) is 0 Å². The molecule has 0 aromatic carbocycles. The Hall–Kier alpha value is -1.09. The van der Waals surface area contributed by atoms with Gasteiger partial charge in [-0.1, -0.05) is 6.07 Å². The molecule has 1 aromatic rings. The van der Waals surface area contributed by atoms with Gasteiger partial charge in [-0.2, -0.15) is 0 Å². The fraction of sp³-hybridized carbons (Fsp3) is 0.545. The van der Waals surface area contributed by atoms with E-state index < -0.39 is 0 Å². The fourth-order valence-corrected chi connectivity index (χ4v) is 1.67. The molecule has 1 aliphatic heterocycles. The highest BCUT2D eigenvalue weighted by Gasteiger charge is 2.17. The van der Waals surface area contributed by atoms with Crippen LogP contribution in [0.5, 0.6) is 0 Å². The van der Waals surface area contributed by atoms with Gasteiger partial charge in [0, 0.05) is 19.3 Å². The van der Waals surface area contributed by atoms with E-state index in [-0.39, 0.29) is 0 Å². The first-order chi connectivity index (χ1) is 6.75. The molecule has 0 N–H and O–H groups in total. The molecule has 1 aromatic heterocycles. The monoisotopic (exact) mass is 192 g/mol. The number of nitrogens with zero attached hydrogens (tertiary/aromatic N) is 2. The van der Waals surface area contributed by atoms with E-state index in [1.54, 1.807) is 0 Å². The summed E-state index contributed by atoms with van der Waals surface area (Å²) in [5.74, 6) is 1.06. The van der Waals surface area contributed by atoms with Crippen molar-refractivity contribution in [3.63, 3.8) is 0 Å². The van der Waals surface area contributed by atoms with Crippen LogP contribution in [0.2, 0.25) is 0 Å². The predicted molar refractivity (Wildman–Crippen MR) is 56.6 cm³/mol. The van der Waals surface area contributed by atoms with E-state index in [0.717, 1.165) is 25.5 Å². The highest BCUT2D eigenvalue weighted by molar-refractivity contribution is 5.39. The average molecular weight is 192 g/mol. The zero-order chi connectivity index (χ0) is 9.97. The largest absolute Gasteiger partial charge is 0.375 e. The maximum Gasteiger partial charge on any atom is 0.128 e. The lowest BCUT2D eigenvalue weighted by Crippen LogP contribution is -2.41. The number of aryl methyl sites for hydroxylation is 1. The van der Waals surface area contributed by atoms with Crippen molar-refractivity contribution in [3.05, 3.63) is 23.9 Å². The van der Waals surface area contributed by atoms with E-state index in [2.05, 4.69) is 35.9 Å². The van der Waals surface area contributed by atoms with Crippen molar-refractivity contribution in [2.45, 2.75) is 20.0 Å². The summed E-state index contributed by atoms with van der Waals surface area (Å²) in [6.07, 6.45) is 2.22. The molecular formula is C11H16N2O. The minimum atomic E-state index is 0.312. The van der Waals surface area contributed by atoms with Crippen molar-refractivity contribution < 1.29 is 4.74 Å². The van der Waals surface area contributed by atoms with Crippen LogP contribution in [-0.2, 0) is 4.74 Å². The summed E-state index contributed by atoms with van der Waals surface area (Å²) in [4.78, 5) is 6.68. The summed E-state index contributed by atoms with van der Waals surface area (Å²) >= 11 is 0. The first kappa shape index (κ1) is 9.46. The maximum atomic E-state index is 5.48. The van der Waals surface area contributed by atoms with E-state index in [9.17, 15) is 0 Å². The first-order valence-electron chi connectivity index (χ1n) is 5.05. The molecule has 76 valence electrons. The SMILES string of the molecule is Cc1ccc(N2CCO[C@H](C)C2)nc1. The molecule has 1 fully saturated rings. The first-order valence-corrected chi connectivity index (χ1v) is 5.05. The molecule has 1 atom stereocenters. The van der Waals surface area contributed by atoms with Crippen LogP contribution in [0.3, 0.4) is 0 Å². The number of morpholine rings is 1.